The predicted molar refractivity (Wildman–Crippen MR) is 116 cm³/mol. The van der Waals surface area contributed by atoms with Gasteiger partial charge in [0.2, 0.25) is 0 Å². The molecule has 8 heteroatoms. The molecule has 174 valence electrons. The Morgan fingerprint density at radius 3 is 1.73 bits per heavy atom. The normalized spacial score (nSPS) is 19.1. The lowest BCUT2D eigenvalue weighted by Crippen LogP contribution is -2.42. The topological polar surface area (TPSA) is 55.4 Å². The molecule has 3 rings (SSSR count). The highest BCUT2D eigenvalue weighted by molar-refractivity contribution is 6.14. The smallest absolute Gasteiger partial charge is 0.407 e. The number of Topliss-reactive ketones (excluding diaryl/α,β-unsaturated/α-hetero) is 1. The van der Waals surface area contributed by atoms with Crippen LogP contribution in [0.4, 0.5) is 22.4 Å². The molecule has 0 unspecified atom stereocenters. The lowest BCUT2D eigenvalue weighted by atomic mass is 9.83. The summed E-state index contributed by atoms with van der Waals surface area (Å²) in [5.74, 6) is -4.56. The van der Waals surface area contributed by atoms with Crippen LogP contribution in [0.5, 0.6) is 0 Å². The van der Waals surface area contributed by atoms with Gasteiger partial charge in [0, 0.05) is 17.2 Å². The Morgan fingerprint density at radius 1 is 0.879 bits per heavy atom. The summed E-state index contributed by atoms with van der Waals surface area (Å²) in [6.45, 7) is 5.12. The second-order valence-corrected chi connectivity index (χ2v) is 8.77. The Labute approximate surface area is 188 Å². The van der Waals surface area contributed by atoms with Crippen molar-refractivity contribution in [2.45, 2.75) is 45.3 Å². The fraction of sp³-hybridized carbons (Fsp3) is 0.280. The van der Waals surface area contributed by atoms with Gasteiger partial charge in [-0.15, -0.1) is 0 Å². The number of carbonyl (C=O) groups is 2. The van der Waals surface area contributed by atoms with Gasteiger partial charge in [-0.3, -0.25) is 4.79 Å². The first-order valence-electron chi connectivity index (χ1n) is 10.3. The fourth-order valence-electron chi connectivity index (χ4n) is 3.43. The van der Waals surface area contributed by atoms with Crippen LogP contribution >= 0.6 is 0 Å². The SMILES string of the molecule is CC(C)(C)OC(=O)NC1C/C(=C\c2ccc(F)c(F)c2)C(=O)/C(=C/c2ccc(F)c(F)c2)C1. The molecule has 0 bridgehead atoms. The number of carbonyl (C=O) groups excluding carboxylic acids is 2. The molecule has 0 aromatic heterocycles. The number of benzene rings is 2. The average Bonchev–Trinajstić information content (AvgIpc) is 2.69. The molecule has 1 amide bonds. The van der Waals surface area contributed by atoms with Crippen LogP contribution in [0, 0.1) is 23.3 Å². The molecule has 0 spiro atoms. The number of hydrogen-bond donors (Lipinski definition) is 1. The fourth-order valence-corrected chi connectivity index (χ4v) is 3.43. The summed E-state index contributed by atoms with van der Waals surface area (Å²) in [4.78, 5) is 25.3. The van der Waals surface area contributed by atoms with Crippen LogP contribution in [0.1, 0.15) is 44.7 Å². The maximum absolute atomic E-state index is 13.6. The van der Waals surface area contributed by atoms with Crippen molar-refractivity contribution in [2.75, 3.05) is 0 Å². The lowest BCUT2D eigenvalue weighted by Gasteiger charge is -2.28. The van der Waals surface area contributed by atoms with Crippen LogP contribution in [0.25, 0.3) is 12.2 Å². The molecule has 1 saturated carbocycles. The summed E-state index contributed by atoms with van der Waals surface area (Å²) in [7, 11) is 0. The third kappa shape index (κ3) is 6.54. The van der Waals surface area contributed by atoms with Crippen LogP contribution < -0.4 is 5.32 Å². The standard InChI is InChI=1S/C25H23F4NO3/c1-25(2,3)33-24(32)30-18-12-16(8-14-4-6-19(26)21(28)10-14)23(31)17(13-18)9-15-5-7-20(27)22(29)11-15/h4-11,18H,12-13H2,1-3H3,(H,30,32)/b16-8+,17-9+. The number of alkyl carbamates (subject to hydrolysis) is 1. The molecule has 0 heterocycles. The van der Waals surface area contributed by atoms with Gasteiger partial charge < -0.3 is 10.1 Å². The number of amides is 1. The predicted octanol–water partition coefficient (Wildman–Crippen LogP) is 5.97. The summed E-state index contributed by atoms with van der Waals surface area (Å²) in [6.07, 6.45) is 2.37. The Balaban J connectivity index is 1.95. The number of ether oxygens (including phenoxy) is 1. The number of hydrogen-bond acceptors (Lipinski definition) is 3. The molecule has 4 nitrogen and oxygen atoms in total. The van der Waals surface area contributed by atoms with E-state index >= 15 is 0 Å². The zero-order valence-electron chi connectivity index (χ0n) is 18.3. The molecule has 1 aliphatic rings. The second kappa shape index (κ2) is 9.60. The van der Waals surface area contributed by atoms with Gasteiger partial charge in [-0.2, -0.15) is 0 Å². The molecule has 1 fully saturated rings. The van der Waals surface area contributed by atoms with E-state index in [0.717, 1.165) is 24.3 Å². The first-order valence-corrected chi connectivity index (χ1v) is 10.3. The molecule has 0 aliphatic heterocycles. The van der Waals surface area contributed by atoms with Gasteiger partial charge in [0.1, 0.15) is 5.60 Å². The Morgan fingerprint density at radius 2 is 1.33 bits per heavy atom. The van der Waals surface area contributed by atoms with E-state index in [9.17, 15) is 27.2 Å². The van der Waals surface area contributed by atoms with Crippen LogP contribution in [-0.2, 0) is 9.53 Å². The van der Waals surface area contributed by atoms with Gasteiger partial charge in [0.25, 0.3) is 0 Å². The maximum atomic E-state index is 13.6. The Bertz CT molecular complexity index is 1080. The first kappa shape index (κ1) is 24.2. The van der Waals surface area contributed by atoms with Crippen molar-refractivity contribution in [3.8, 4) is 0 Å². The van der Waals surface area contributed by atoms with Crippen molar-refractivity contribution in [1.82, 2.24) is 5.32 Å². The van der Waals surface area contributed by atoms with E-state index < -0.39 is 46.8 Å². The summed E-state index contributed by atoms with van der Waals surface area (Å²) < 4.78 is 59.1. The van der Waals surface area contributed by atoms with E-state index in [0.29, 0.717) is 0 Å². The monoisotopic (exact) mass is 461 g/mol. The van der Waals surface area contributed by atoms with E-state index in [1.165, 1.54) is 24.3 Å². The van der Waals surface area contributed by atoms with E-state index in [1.54, 1.807) is 20.8 Å². The quantitative estimate of drug-likeness (QED) is 0.453. The molecule has 2 aromatic carbocycles. The van der Waals surface area contributed by atoms with Crippen LogP contribution in [0.3, 0.4) is 0 Å². The van der Waals surface area contributed by atoms with Crippen molar-refractivity contribution in [3.63, 3.8) is 0 Å². The Hall–Kier alpha value is -3.42. The van der Waals surface area contributed by atoms with E-state index in [-0.39, 0.29) is 35.1 Å². The minimum Gasteiger partial charge on any atom is -0.444 e. The van der Waals surface area contributed by atoms with E-state index in [2.05, 4.69) is 5.32 Å². The average molecular weight is 461 g/mol. The van der Waals surface area contributed by atoms with Gasteiger partial charge in [-0.1, -0.05) is 12.1 Å². The Kier molecular flexibility index (Phi) is 7.05. The van der Waals surface area contributed by atoms with Crippen molar-refractivity contribution in [2.24, 2.45) is 0 Å². The molecular weight excluding hydrogens is 438 g/mol. The largest absolute Gasteiger partial charge is 0.444 e. The maximum Gasteiger partial charge on any atom is 0.407 e. The molecule has 1 aliphatic carbocycles. The van der Waals surface area contributed by atoms with Gasteiger partial charge in [0.15, 0.2) is 29.1 Å². The number of rotatable bonds is 3. The highest BCUT2D eigenvalue weighted by Crippen LogP contribution is 2.29. The van der Waals surface area contributed by atoms with Crippen LogP contribution in [0.2, 0.25) is 0 Å². The van der Waals surface area contributed by atoms with Crippen LogP contribution in [-0.4, -0.2) is 23.5 Å². The minimum atomic E-state index is -1.06. The second-order valence-electron chi connectivity index (χ2n) is 8.77. The molecule has 0 radical (unpaired) electrons. The number of halogens is 4. The van der Waals surface area contributed by atoms with Gasteiger partial charge >= 0.3 is 6.09 Å². The first-order chi connectivity index (χ1) is 15.4. The summed E-state index contributed by atoms with van der Waals surface area (Å²) in [6, 6.07) is 5.90. The van der Waals surface area contributed by atoms with Crippen molar-refractivity contribution in [3.05, 3.63) is 81.9 Å². The molecule has 2 aromatic rings. The highest BCUT2D eigenvalue weighted by atomic mass is 19.2. The van der Waals surface area contributed by atoms with E-state index in [4.69, 9.17) is 4.74 Å². The summed E-state index contributed by atoms with van der Waals surface area (Å²) in [5, 5.41) is 2.71. The summed E-state index contributed by atoms with van der Waals surface area (Å²) >= 11 is 0. The summed E-state index contributed by atoms with van der Waals surface area (Å²) in [5.41, 5.74) is 0.275. The third-order valence-corrected chi connectivity index (χ3v) is 4.81. The minimum absolute atomic E-state index is 0.117. The van der Waals surface area contributed by atoms with Crippen molar-refractivity contribution >= 4 is 24.0 Å². The number of nitrogens with one attached hydrogen (secondary N) is 1. The number of ketones is 1. The highest BCUT2D eigenvalue weighted by Gasteiger charge is 2.30. The molecule has 33 heavy (non-hydrogen) atoms. The van der Waals surface area contributed by atoms with Crippen molar-refractivity contribution in [1.29, 1.82) is 0 Å². The zero-order valence-corrected chi connectivity index (χ0v) is 18.3. The molecule has 0 atom stereocenters. The van der Waals surface area contributed by atoms with Crippen LogP contribution in [0.15, 0.2) is 47.5 Å². The van der Waals surface area contributed by atoms with Crippen molar-refractivity contribution < 1.29 is 31.9 Å². The van der Waals surface area contributed by atoms with E-state index in [1.807, 2.05) is 0 Å². The molecular formula is C25H23F4NO3. The van der Waals surface area contributed by atoms with Gasteiger partial charge in [-0.05, 0) is 81.2 Å². The lowest BCUT2D eigenvalue weighted by molar-refractivity contribution is -0.113. The third-order valence-electron chi connectivity index (χ3n) is 4.81. The van der Waals surface area contributed by atoms with Gasteiger partial charge in [0.05, 0.1) is 0 Å². The zero-order chi connectivity index (χ0) is 24.3. The molecule has 1 N–H and O–H groups in total. The van der Waals surface area contributed by atoms with Gasteiger partial charge in [-0.25, -0.2) is 22.4 Å². The molecule has 0 saturated heterocycles.